The summed E-state index contributed by atoms with van der Waals surface area (Å²) in [5, 5.41) is 0. The van der Waals surface area contributed by atoms with Gasteiger partial charge in [-0.1, -0.05) is 26.7 Å². The van der Waals surface area contributed by atoms with Crippen LogP contribution in [-0.2, 0) is 4.21 Å². The zero-order valence-corrected chi connectivity index (χ0v) is 12.5. The van der Waals surface area contributed by atoms with Crippen molar-refractivity contribution in [3.63, 3.8) is 0 Å². The van der Waals surface area contributed by atoms with Crippen LogP contribution < -0.4 is 0 Å². The minimum Gasteiger partial charge on any atom is -0.396 e. The predicted molar refractivity (Wildman–Crippen MR) is 70.9 cm³/mol. The fourth-order valence-electron chi connectivity index (χ4n) is 1.26. The van der Waals surface area contributed by atoms with Crippen molar-refractivity contribution in [2.24, 2.45) is 0 Å². The van der Waals surface area contributed by atoms with Gasteiger partial charge in [-0.05, 0) is 44.8 Å². The fourth-order valence-corrected chi connectivity index (χ4v) is 6.65. The lowest BCUT2D eigenvalue weighted by Crippen LogP contribution is -2.23. The lowest BCUT2D eigenvalue weighted by Gasteiger charge is -2.26. The monoisotopic (exact) mass is 234 g/mol. The Hall–Kier alpha value is 0.607. The van der Waals surface area contributed by atoms with E-state index in [9.17, 15) is 0 Å². The summed E-state index contributed by atoms with van der Waals surface area (Å²) in [6.07, 6.45) is 7.96. The van der Waals surface area contributed by atoms with E-state index in [1.807, 2.05) is 0 Å². The molecule has 0 fully saturated rings. The van der Waals surface area contributed by atoms with E-state index in [0.717, 1.165) is 0 Å². The molecule has 86 valence electrons. The molecule has 0 unspecified atom stereocenters. The zero-order valence-electron chi connectivity index (χ0n) is 10.6. The topological polar surface area (TPSA) is 9.23 Å². The van der Waals surface area contributed by atoms with Crippen LogP contribution in [0.3, 0.4) is 0 Å². The second-order valence-corrected chi connectivity index (χ2v) is 11.7. The minimum absolute atomic E-state index is 0.0988. The zero-order chi connectivity index (χ0) is 11.0. The molecule has 0 aliphatic heterocycles. The molecule has 0 bridgehead atoms. The Labute approximate surface area is 92.6 Å². The van der Waals surface area contributed by atoms with Crippen molar-refractivity contribution < 1.29 is 4.21 Å². The van der Waals surface area contributed by atoms with Crippen molar-refractivity contribution in [3.05, 3.63) is 0 Å². The summed E-state index contributed by atoms with van der Waals surface area (Å²) < 4.78 is 6.25. The maximum atomic E-state index is 6.25. The number of hydrogen-bond donors (Lipinski definition) is 0. The molecule has 1 nitrogen and oxygen atoms in total. The SMILES string of the molecule is CCCCP(CCCC)O[Si](C)(C)C. The van der Waals surface area contributed by atoms with Crippen LogP contribution in [0.15, 0.2) is 0 Å². The van der Waals surface area contributed by atoms with Crippen molar-refractivity contribution in [1.82, 2.24) is 0 Å². The molecule has 0 aromatic heterocycles. The van der Waals surface area contributed by atoms with Crippen molar-refractivity contribution in [2.45, 2.75) is 59.2 Å². The first-order valence-electron chi connectivity index (χ1n) is 5.93. The standard InChI is InChI=1S/C11H27OPSi/c1-6-8-10-13(11-9-7-2)12-14(3,4)5/h6-11H2,1-5H3. The molecule has 14 heavy (non-hydrogen) atoms. The predicted octanol–water partition coefficient (Wildman–Crippen LogP) is 4.84. The van der Waals surface area contributed by atoms with Gasteiger partial charge in [-0.2, -0.15) is 0 Å². The van der Waals surface area contributed by atoms with Crippen LogP contribution in [0.25, 0.3) is 0 Å². The molecule has 0 rings (SSSR count). The van der Waals surface area contributed by atoms with E-state index in [1.54, 1.807) is 0 Å². The quantitative estimate of drug-likeness (QED) is 0.431. The second-order valence-electron chi connectivity index (χ2n) is 4.84. The summed E-state index contributed by atoms with van der Waals surface area (Å²) in [6, 6.07) is 0. The molecule has 0 aromatic rings. The Kier molecular flexibility index (Phi) is 8.18. The maximum Gasteiger partial charge on any atom is 0.188 e. The van der Waals surface area contributed by atoms with Crippen LogP contribution in [0.5, 0.6) is 0 Å². The molecule has 3 heteroatoms. The van der Waals surface area contributed by atoms with E-state index in [-0.39, 0.29) is 8.15 Å². The Morgan fingerprint density at radius 3 is 1.64 bits per heavy atom. The van der Waals surface area contributed by atoms with Crippen molar-refractivity contribution in [3.8, 4) is 0 Å². The van der Waals surface area contributed by atoms with Gasteiger partial charge in [-0.3, -0.25) is 0 Å². The van der Waals surface area contributed by atoms with Gasteiger partial charge in [-0.25, -0.2) is 0 Å². The Bertz CT molecular complexity index is 126. The van der Waals surface area contributed by atoms with E-state index in [1.165, 1.54) is 38.0 Å². The summed E-state index contributed by atoms with van der Waals surface area (Å²) in [5.41, 5.74) is 0. The molecule has 0 saturated heterocycles. The highest BCUT2D eigenvalue weighted by atomic mass is 31.1. The number of hydrogen-bond acceptors (Lipinski definition) is 1. The molecule has 0 heterocycles. The molecule has 0 spiro atoms. The molecule has 0 saturated carbocycles. The van der Waals surface area contributed by atoms with Gasteiger partial charge < -0.3 is 4.21 Å². The first-order valence-corrected chi connectivity index (χ1v) is 11.0. The van der Waals surface area contributed by atoms with E-state index in [4.69, 9.17) is 4.21 Å². The molecular formula is C11H27OPSi. The van der Waals surface area contributed by atoms with Crippen LogP contribution in [0.4, 0.5) is 0 Å². The van der Waals surface area contributed by atoms with E-state index >= 15 is 0 Å². The molecule has 0 aliphatic carbocycles. The molecule has 0 radical (unpaired) electrons. The summed E-state index contributed by atoms with van der Waals surface area (Å²) >= 11 is 0. The van der Waals surface area contributed by atoms with Gasteiger partial charge in [0, 0.05) is 8.15 Å². The maximum absolute atomic E-state index is 6.25. The average molecular weight is 234 g/mol. The highest BCUT2D eigenvalue weighted by Gasteiger charge is 2.20. The van der Waals surface area contributed by atoms with Crippen LogP contribution in [-0.4, -0.2) is 20.6 Å². The van der Waals surface area contributed by atoms with Gasteiger partial charge in [-0.15, -0.1) is 0 Å². The molecule has 0 atom stereocenters. The van der Waals surface area contributed by atoms with Crippen LogP contribution in [0.2, 0.25) is 19.6 Å². The molecular weight excluding hydrogens is 207 g/mol. The van der Waals surface area contributed by atoms with Gasteiger partial charge in [0.05, 0.1) is 0 Å². The molecule has 0 aromatic carbocycles. The molecule has 0 amide bonds. The van der Waals surface area contributed by atoms with Gasteiger partial charge in [0.25, 0.3) is 0 Å². The largest absolute Gasteiger partial charge is 0.396 e. The van der Waals surface area contributed by atoms with E-state index in [2.05, 4.69) is 33.5 Å². The summed E-state index contributed by atoms with van der Waals surface area (Å²) in [5.74, 6) is 0. The molecule has 0 aliphatic rings. The van der Waals surface area contributed by atoms with Crippen molar-refractivity contribution in [2.75, 3.05) is 12.3 Å². The highest BCUT2D eigenvalue weighted by molar-refractivity contribution is 7.54. The highest BCUT2D eigenvalue weighted by Crippen LogP contribution is 2.42. The summed E-state index contributed by atoms with van der Waals surface area (Å²) in [7, 11) is -1.39. The van der Waals surface area contributed by atoms with E-state index in [0.29, 0.717) is 0 Å². The van der Waals surface area contributed by atoms with Gasteiger partial charge in [0.15, 0.2) is 8.32 Å². The number of rotatable bonds is 8. The van der Waals surface area contributed by atoms with Gasteiger partial charge in [0.1, 0.15) is 0 Å². The third-order valence-electron chi connectivity index (χ3n) is 1.93. The second kappa shape index (κ2) is 7.84. The Morgan fingerprint density at radius 1 is 0.929 bits per heavy atom. The van der Waals surface area contributed by atoms with Gasteiger partial charge in [0.2, 0.25) is 0 Å². The first kappa shape index (κ1) is 14.6. The normalized spacial score (nSPS) is 12.4. The smallest absolute Gasteiger partial charge is 0.188 e. The third-order valence-corrected chi connectivity index (χ3v) is 6.78. The Morgan fingerprint density at radius 2 is 1.36 bits per heavy atom. The van der Waals surface area contributed by atoms with E-state index < -0.39 is 8.32 Å². The summed E-state index contributed by atoms with van der Waals surface area (Å²) in [4.78, 5) is 0. The van der Waals surface area contributed by atoms with Crippen LogP contribution in [0.1, 0.15) is 39.5 Å². The third kappa shape index (κ3) is 9.17. The van der Waals surface area contributed by atoms with Crippen LogP contribution in [0, 0.1) is 0 Å². The Balaban J connectivity index is 3.84. The minimum atomic E-state index is -1.29. The average Bonchev–Trinajstić information content (AvgIpc) is 2.07. The van der Waals surface area contributed by atoms with Crippen molar-refractivity contribution in [1.29, 1.82) is 0 Å². The fraction of sp³-hybridized carbons (Fsp3) is 1.00. The lowest BCUT2D eigenvalue weighted by molar-refractivity contribution is 0.607. The van der Waals surface area contributed by atoms with Crippen LogP contribution >= 0.6 is 8.15 Å². The first-order chi connectivity index (χ1) is 6.49. The number of unbranched alkanes of at least 4 members (excludes halogenated alkanes) is 2. The summed E-state index contributed by atoms with van der Waals surface area (Å²) in [6.45, 7) is 11.4. The lowest BCUT2D eigenvalue weighted by atomic mass is 10.4. The van der Waals surface area contributed by atoms with Gasteiger partial charge >= 0.3 is 0 Å². The van der Waals surface area contributed by atoms with Crippen molar-refractivity contribution >= 4 is 16.5 Å². The molecule has 0 N–H and O–H groups in total.